The highest BCUT2D eigenvalue weighted by molar-refractivity contribution is 5.92. The van der Waals surface area contributed by atoms with Gasteiger partial charge in [0, 0.05) is 18.3 Å². The Morgan fingerprint density at radius 2 is 2.18 bits per heavy atom. The van der Waals surface area contributed by atoms with Crippen molar-refractivity contribution in [3.63, 3.8) is 0 Å². The third kappa shape index (κ3) is 2.66. The van der Waals surface area contributed by atoms with E-state index in [4.69, 9.17) is 0 Å². The highest BCUT2D eigenvalue weighted by Gasteiger charge is 2.29. The average molecular weight is 236 g/mol. The number of carbonyl (C=O) groups is 1. The third-order valence-electron chi connectivity index (χ3n) is 3.47. The second-order valence-corrected chi connectivity index (χ2v) is 5.06. The molecule has 0 aliphatic carbocycles. The van der Waals surface area contributed by atoms with Gasteiger partial charge in [0.2, 0.25) is 0 Å². The number of hydrogen-bond donors (Lipinski definition) is 2. The van der Waals surface area contributed by atoms with Gasteiger partial charge >= 0.3 is 0 Å². The van der Waals surface area contributed by atoms with Gasteiger partial charge in [-0.1, -0.05) is 0 Å². The van der Waals surface area contributed by atoms with Crippen LogP contribution in [0.2, 0.25) is 0 Å². The Balaban J connectivity index is 2.05. The molecule has 1 aliphatic heterocycles. The van der Waals surface area contributed by atoms with E-state index >= 15 is 0 Å². The zero-order valence-electron chi connectivity index (χ0n) is 10.7. The summed E-state index contributed by atoms with van der Waals surface area (Å²) in [5.74, 6) is -0.0712. The van der Waals surface area contributed by atoms with Gasteiger partial charge in [0.05, 0.1) is 0 Å². The Morgan fingerprint density at radius 3 is 2.71 bits per heavy atom. The van der Waals surface area contributed by atoms with Crippen molar-refractivity contribution in [3.8, 4) is 0 Å². The van der Waals surface area contributed by atoms with Crippen molar-refractivity contribution in [3.05, 3.63) is 17.5 Å². The summed E-state index contributed by atoms with van der Waals surface area (Å²) in [4.78, 5) is 12.1. The number of aromatic nitrogens is 2. The Labute approximate surface area is 102 Å². The van der Waals surface area contributed by atoms with E-state index < -0.39 is 0 Å². The number of amides is 1. The van der Waals surface area contributed by atoms with Crippen molar-refractivity contribution in [1.29, 1.82) is 0 Å². The zero-order chi connectivity index (χ0) is 12.5. The first-order chi connectivity index (χ1) is 8.00. The van der Waals surface area contributed by atoms with Crippen LogP contribution in [0.4, 0.5) is 0 Å². The third-order valence-corrected chi connectivity index (χ3v) is 3.47. The quantitative estimate of drug-likeness (QED) is 0.790. The smallest absolute Gasteiger partial charge is 0.272 e. The van der Waals surface area contributed by atoms with Crippen molar-refractivity contribution in [2.24, 2.45) is 7.05 Å². The molecule has 0 radical (unpaired) electrons. The molecule has 1 aliphatic rings. The fraction of sp³-hybridized carbons (Fsp3) is 0.667. The fourth-order valence-corrected chi connectivity index (χ4v) is 2.11. The lowest BCUT2D eigenvalue weighted by Crippen LogP contribution is -2.52. The molecule has 1 saturated heterocycles. The predicted molar refractivity (Wildman–Crippen MR) is 65.9 cm³/mol. The maximum atomic E-state index is 12.1. The lowest BCUT2D eigenvalue weighted by molar-refractivity contribution is 0.0881. The van der Waals surface area contributed by atoms with Crippen LogP contribution in [-0.2, 0) is 7.05 Å². The molecule has 1 fully saturated rings. The molecule has 1 amide bonds. The predicted octanol–water partition coefficient (Wildman–Crippen LogP) is 0.600. The summed E-state index contributed by atoms with van der Waals surface area (Å²) in [6.45, 7) is 5.95. The monoisotopic (exact) mass is 236 g/mol. The van der Waals surface area contributed by atoms with Gasteiger partial charge in [0.25, 0.3) is 5.91 Å². The number of nitrogens with zero attached hydrogens (tertiary/aromatic N) is 2. The zero-order valence-corrected chi connectivity index (χ0v) is 10.7. The fourth-order valence-electron chi connectivity index (χ4n) is 2.11. The molecule has 5 nitrogen and oxygen atoms in total. The van der Waals surface area contributed by atoms with E-state index in [2.05, 4.69) is 22.7 Å². The number of hydrogen-bond acceptors (Lipinski definition) is 3. The summed E-state index contributed by atoms with van der Waals surface area (Å²) < 4.78 is 1.72. The maximum absolute atomic E-state index is 12.1. The second kappa shape index (κ2) is 4.49. The van der Waals surface area contributed by atoms with Crippen molar-refractivity contribution < 1.29 is 4.79 Å². The summed E-state index contributed by atoms with van der Waals surface area (Å²) in [5.41, 5.74) is 1.39. The van der Waals surface area contributed by atoms with E-state index in [0.29, 0.717) is 5.69 Å². The minimum absolute atomic E-state index is 0.0712. The van der Waals surface area contributed by atoms with Crippen LogP contribution < -0.4 is 10.6 Å². The van der Waals surface area contributed by atoms with E-state index in [-0.39, 0.29) is 11.4 Å². The van der Waals surface area contributed by atoms with Gasteiger partial charge in [-0.25, -0.2) is 0 Å². The number of rotatable bonds is 2. The molecule has 5 heteroatoms. The molecule has 0 atom stereocenters. The minimum Gasteiger partial charge on any atom is -0.345 e. The molecule has 94 valence electrons. The first-order valence-corrected chi connectivity index (χ1v) is 6.04. The van der Waals surface area contributed by atoms with Crippen LogP contribution in [0, 0.1) is 6.92 Å². The lowest BCUT2D eigenvalue weighted by Gasteiger charge is -2.34. The van der Waals surface area contributed by atoms with E-state index in [1.54, 1.807) is 4.68 Å². The molecular formula is C12H20N4O. The molecule has 0 unspecified atom stereocenters. The minimum atomic E-state index is -0.103. The Hall–Kier alpha value is -1.36. The number of carbonyl (C=O) groups excluding carboxylic acids is 1. The molecule has 2 heterocycles. The van der Waals surface area contributed by atoms with E-state index in [0.717, 1.165) is 31.6 Å². The molecule has 2 N–H and O–H groups in total. The molecule has 17 heavy (non-hydrogen) atoms. The lowest BCUT2D eigenvalue weighted by atomic mass is 9.90. The van der Waals surface area contributed by atoms with Gasteiger partial charge in [-0.15, -0.1) is 0 Å². The van der Waals surface area contributed by atoms with E-state index in [1.165, 1.54) is 0 Å². The molecule has 0 saturated carbocycles. The molecular weight excluding hydrogens is 216 g/mol. The van der Waals surface area contributed by atoms with E-state index in [1.807, 2.05) is 20.0 Å². The standard InChI is InChI=1S/C12H20N4O/c1-9-8-10(15-16(9)3)11(17)14-12(2)4-6-13-7-5-12/h8,13H,4-7H2,1-3H3,(H,14,17). The van der Waals surface area contributed by atoms with Gasteiger partial charge in [-0.05, 0) is 45.8 Å². The van der Waals surface area contributed by atoms with Crippen molar-refractivity contribution >= 4 is 5.91 Å². The molecule has 2 rings (SSSR count). The Morgan fingerprint density at radius 1 is 1.53 bits per heavy atom. The number of aryl methyl sites for hydroxylation is 2. The topological polar surface area (TPSA) is 59.0 Å². The maximum Gasteiger partial charge on any atom is 0.272 e. The summed E-state index contributed by atoms with van der Waals surface area (Å²) in [7, 11) is 1.85. The number of nitrogens with one attached hydrogen (secondary N) is 2. The largest absolute Gasteiger partial charge is 0.345 e. The molecule has 0 aromatic carbocycles. The van der Waals surface area contributed by atoms with Crippen molar-refractivity contribution in [2.45, 2.75) is 32.2 Å². The Bertz CT molecular complexity index is 399. The summed E-state index contributed by atoms with van der Waals surface area (Å²) >= 11 is 0. The molecule has 0 spiro atoms. The first kappa shape index (κ1) is 12.1. The number of piperidine rings is 1. The van der Waals surface area contributed by atoms with Crippen molar-refractivity contribution in [2.75, 3.05) is 13.1 Å². The highest BCUT2D eigenvalue weighted by atomic mass is 16.2. The summed E-state index contributed by atoms with van der Waals surface area (Å²) in [5, 5.41) is 10.6. The molecule has 1 aromatic heterocycles. The second-order valence-electron chi connectivity index (χ2n) is 5.06. The van der Waals surface area contributed by atoms with Gasteiger partial charge in [-0.2, -0.15) is 5.10 Å². The van der Waals surface area contributed by atoms with Crippen LogP contribution in [-0.4, -0.2) is 34.3 Å². The Kier molecular flexibility index (Phi) is 3.19. The average Bonchev–Trinajstić information content (AvgIpc) is 2.60. The molecule has 0 bridgehead atoms. The summed E-state index contributed by atoms with van der Waals surface area (Å²) in [6, 6.07) is 1.82. The van der Waals surface area contributed by atoms with Crippen LogP contribution >= 0.6 is 0 Å². The van der Waals surface area contributed by atoms with Gasteiger partial charge < -0.3 is 10.6 Å². The van der Waals surface area contributed by atoms with Crippen LogP contribution in [0.1, 0.15) is 35.9 Å². The van der Waals surface area contributed by atoms with Gasteiger partial charge in [-0.3, -0.25) is 9.48 Å². The van der Waals surface area contributed by atoms with Crippen LogP contribution in [0.25, 0.3) is 0 Å². The van der Waals surface area contributed by atoms with Crippen molar-refractivity contribution in [1.82, 2.24) is 20.4 Å². The van der Waals surface area contributed by atoms with Crippen LogP contribution in [0.3, 0.4) is 0 Å². The van der Waals surface area contributed by atoms with E-state index in [9.17, 15) is 4.79 Å². The first-order valence-electron chi connectivity index (χ1n) is 6.04. The normalized spacial score (nSPS) is 19.0. The SMILES string of the molecule is Cc1cc(C(=O)NC2(C)CCNCC2)nn1C. The van der Waals surface area contributed by atoms with Crippen LogP contribution in [0.5, 0.6) is 0 Å². The highest BCUT2D eigenvalue weighted by Crippen LogP contribution is 2.17. The van der Waals surface area contributed by atoms with Crippen LogP contribution in [0.15, 0.2) is 6.07 Å². The summed E-state index contributed by atoms with van der Waals surface area (Å²) in [6.07, 6.45) is 1.93. The molecule has 1 aromatic rings. The van der Waals surface area contributed by atoms with Gasteiger partial charge in [0.1, 0.15) is 5.69 Å². The van der Waals surface area contributed by atoms with Gasteiger partial charge in [0.15, 0.2) is 0 Å².